The minimum absolute atomic E-state index is 0.0310. The molecule has 5 heteroatoms. The van der Waals surface area contributed by atoms with E-state index in [1.54, 1.807) is 6.26 Å². The minimum Gasteiger partial charge on any atom is -0.464 e. The van der Waals surface area contributed by atoms with Crippen molar-refractivity contribution in [2.24, 2.45) is 0 Å². The van der Waals surface area contributed by atoms with Gasteiger partial charge in [0.05, 0.1) is 10.7 Å². The van der Waals surface area contributed by atoms with E-state index >= 15 is 0 Å². The van der Waals surface area contributed by atoms with E-state index in [2.05, 4.69) is 21.2 Å². The summed E-state index contributed by atoms with van der Waals surface area (Å²) in [5.74, 6) is -1.12. The fourth-order valence-electron chi connectivity index (χ4n) is 2.17. The summed E-state index contributed by atoms with van der Waals surface area (Å²) < 4.78 is 33.0. The van der Waals surface area contributed by atoms with E-state index in [1.807, 2.05) is 24.3 Å². The van der Waals surface area contributed by atoms with Gasteiger partial charge in [0.2, 0.25) is 0 Å². The summed E-state index contributed by atoms with van der Waals surface area (Å²) in [6.45, 7) is 0.620. The molecule has 1 aromatic heterocycles. The van der Waals surface area contributed by atoms with Crippen LogP contribution in [-0.4, -0.2) is 0 Å². The molecule has 3 rings (SSSR count). The van der Waals surface area contributed by atoms with Crippen LogP contribution in [0.1, 0.15) is 11.1 Å². The number of furan rings is 1. The third-order valence-electron chi connectivity index (χ3n) is 3.29. The van der Waals surface area contributed by atoms with Crippen LogP contribution in [0.2, 0.25) is 0 Å². The van der Waals surface area contributed by atoms with Crippen LogP contribution in [0.25, 0.3) is 11.0 Å². The Bertz CT molecular complexity index is 785. The lowest BCUT2D eigenvalue weighted by Gasteiger charge is -2.08. The molecule has 1 N–H and O–H groups in total. The highest BCUT2D eigenvalue weighted by molar-refractivity contribution is 9.10. The summed E-state index contributed by atoms with van der Waals surface area (Å²) in [6, 6.07) is 10.3. The Morgan fingerprint density at radius 1 is 1.05 bits per heavy atom. The highest BCUT2D eigenvalue weighted by atomic mass is 79.9. The Labute approximate surface area is 128 Å². The maximum atomic E-state index is 13.8. The first-order chi connectivity index (χ1) is 10.1. The van der Waals surface area contributed by atoms with Gasteiger partial charge in [0.25, 0.3) is 0 Å². The number of hydrogen-bond acceptors (Lipinski definition) is 2. The van der Waals surface area contributed by atoms with Crippen molar-refractivity contribution in [3.8, 4) is 0 Å². The summed E-state index contributed by atoms with van der Waals surface area (Å²) >= 11 is 3.06. The number of rotatable bonds is 4. The Hall–Kier alpha value is -1.72. The molecule has 0 amide bonds. The first kappa shape index (κ1) is 14.2. The highest BCUT2D eigenvalue weighted by Crippen LogP contribution is 2.22. The molecule has 0 saturated carbocycles. The van der Waals surface area contributed by atoms with Crippen molar-refractivity contribution in [3.05, 3.63) is 69.9 Å². The van der Waals surface area contributed by atoms with Gasteiger partial charge in [0.15, 0.2) is 0 Å². The second-order valence-electron chi connectivity index (χ2n) is 4.72. The molecule has 2 nitrogen and oxygen atoms in total. The zero-order valence-electron chi connectivity index (χ0n) is 11.0. The van der Waals surface area contributed by atoms with E-state index in [4.69, 9.17) is 4.42 Å². The van der Waals surface area contributed by atoms with Crippen LogP contribution < -0.4 is 5.32 Å². The van der Waals surface area contributed by atoms with Crippen LogP contribution in [0.3, 0.4) is 0 Å². The summed E-state index contributed by atoms with van der Waals surface area (Å²) in [5.41, 5.74) is 1.82. The van der Waals surface area contributed by atoms with Crippen molar-refractivity contribution < 1.29 is 13.2 Å². The van der Waals surface area contributed by atoms with Gasteiger partial charge in [-0.25, -0.2) is 8.78 Å². The van der Waals surface area contributed by atoms with Crippen molar-refractivity contribution in [2.45, 2.75) is 13.1 Å². The molecule has 0 fully saturated rings. The Balaban J connectivity index is 1.70. The van der Waals surface area contributed by atoms with Gasteiger partial charge in [-0.05, 0) is 45.8 Å². The van der Waals surface area contributed by atoms with Gasteiger partial charge in [-0.3, -0.25) is 0 Å². The second-order valence-corrected chi connectivity index (χ2v) is 5.57. The molecule has 0 atom stereocenters. The number of nitrogens with one attached hydrogen (secondary N) is 1. The maximum Gasteiger partial charge on any atom is 0.144 e. The van der Waals surface area contributed by atoms with Crippen LogP contribution >= 0.6 is 15.9 Å². The third kappa shape index (κ3) is 2.99. The van der Waals surface area contributed by atoms with Crippen molar-refractivity contribution in [2.75, 3.05) is 0 Å². The molecule has 2 aromatic carbocycles. The van der Waals surface area contributed by atoms with Gasteiger partial charge in [-0.15, -0.1) is 0 Å². The lowest BCUT2D eigenvalue weighted by atomic mass is 10.1. The van der Waals surface area contributed by atoms with E-state index in [-0.39, 0.29) is 16.6 Å². The van der Waals surface area contributed by atoms with E-state index in [0.29, 0.717) is 6.54 Å². The predicted octanol–water partition coefficient (Wildman–Crippen LogP) is 4.76. The molecule has 21 heavy (non-hydrogen) atoms. The van der Waals surface area contributed by atoms with Crippen LogP contribution in [-0.2, 0) is 13.1 Å². The monoisotopic (exact) mass is 351 g/mol. The topological polar surface area (TPSA) is 25.2 Å². The quantitative estimate of drug-likeness (QED) is 0.685. The van der Waals surface area contributed by atoms with Crippen LogP contribution in [0.5, 0.6) is 0 Å². The largest absolute Gasteiger partial charge is 0.464 e. The Kier molecular flexibility index (Phi) is 4.03. The zero-order valence-corrected chi connectivity index (χ0v) is 12.6. The van der Waals surface area contributed by atoms with Gasteiger partial charge in [0, 0.05) is 24.0 Å². The fourth-order valence-corrected chi connectivity index (χ4v) is 2.54. The summed E-state index contributed by atoms with van der Waals surface area (Å²) in [6.07, 6.45) is 1.63. The maximum absolute atomic E-state index is 13.8. The van der Waals surface area contributed by atoms with Crippen molar-refractivity contribution >= 4 is 26.9 Å². The Morgan fingerprint density at radius 2 is 1.90 bits per heavy atom. The highest BCUT2D eigenvalue weighted by Gasteiger charge is 2.11. The van der Waals surface area contributed by atoms with Gasteiger partial charge in [-0.2, -0.15) is 0 Å². The molecule has 0 radical (unpaired) electrons. The van der Waals surface area contributed by atoms with Gasteiger partial charge >= 0.3 is 0 Å². The van der Waals surface area contributed by atoms with Crippen LogP contribution in [0.4, 0.5) is 8.78 Å². The SMILES string of the molecule is Fc1ccc(Br)c(F)c1CNCc1ccc2ccoc2c1. The molecule has 0 spiro atoms. The average molecular weight is 352 g/mol. The van der Waals surface area contributed by atoms with E-state index < -0.39 is 11.6 Å². The molecule has 1 heterocycles. The molecule has 0 bridgehead atoms. The standard InChI is InChI=1S/C16H12BrF2NO/c17-13-3-4-14(18)12(16(13)19)9-20-8-10-1-2-11-5-6-21-15(11)7-10/h1-7,20H,8-9H2. The molecule has 0 aliphatic carbocycles. The fraction of sp³-hybridized carbons (Fsp3) is 0.125. The predicted molar refractivity (Wildman–Crippen MR) is 80.8 cm³/mol. The number of hydrogen-bond donors (Lipinski definition) is 1. The lowest BCUT2D eigenvalue weighted by Crippen LogP contribution is -2.15. The van der Waals surface area contributed by atoms with E-state index in [0.717, 1.165) is 16.5 Å². The second kappa shape index (κ2) is 5.95. The summed E-state index contributed by atoms with van der Waals surface area (Å²) in [5, 5.41) is 4.07. The minimum atomic E-state index is -0.566. The molecule has 3 aromatic rings. The molecule has 0 unspecified atom stereocenters. The van der Waals surface area contributed by atoms with Gasteiger partial charge < -0.3 is 9.73 Å². The zero-order chi connectivity index (χ0) is 14.8. The molecular formula is C16H12BrF2NO. The molecule has 0 aliphatic heterocycles. The normalized spacial score (nSPS) is 11.2. The van der Waals surface area contributed by atoms with Crippen LogP contribution in [0, 0.1) is 11.6 Å². The van der Waals surface area contributed by atoms with E-state index in [1.165, 1.54) is 12.1 Å². The van der Waals surface area contributed by atoms with Crippen molar-refractivity contribution in [3.63, 3.8) is 0 Å². The molecule has 108 valence electrons. The number of benzene rings is 2. The van der Waals surface area contributed by atoms with Crippen LogP contribution in [0.15, 0.2) is 51.6 Å². The molecule has 0 aliphatic rings. The number of halogens is 3. The first-order valence-corrected chi connectivity index (χ1v) is 7.23. The Morgan fingerprint density at radius 3 is 2.76 bits per heavy atom. The first-order valence-electron chi connectivity index (χ1n) is 6.44. The average Bonchev–Trinajstić information content (AvgIpc) is 2.94. The summed E-state index contributed by atoms with van der Waals surface area (Å²) in [7, 11) is 0. The van der Waals surface area contributed by atoms with Gasteiger partial charge in [0.1, 0.15) is 17.2 Å². The van der Waals surface area contributed by atoms with Gasteiger partial charge in [-0.1, -0.05) is 12.1 Å². The van der Waals surface area contributed by atoms with E-state index in [9.17, 15) is 8.78 Å². The lowest BCUT2D eigenvalue weighted by molar-refractivity contribution is 0.531. The third-order valence-corrected chi connectivity index (χ3v) is 3.90. The smallest absolute Gasteiger partial charge is 0.144 e. The molecular weight excluding hydrogens is 340 g/mol. The summed E-state index contributed by atoms with van der Waals surface area (Å²) in [4.78, 5) is 0. The van der Waals surface area contributed by atoms with Crippen molar-refractivity contribution in [1.29, 1.82) is 0 Å². The number of fused-ring (bicyclic) bond motifs is 1. The van der Waals surface area contributed by atoms with Crippen molar-refractivity contribution in [1.82, 2.24) is 5.32 Å². The molecule has 0 saturated heterocycles.